The highest BCUT2D eigenvalue weighted by atomic mass is 32.2. The van der Waals surface area contributed by atoms with Gasteiger partial charge < -0.3 is 9.67 Å². The maximum absolute atomic E-state index is 14.0. The first-order valence-electron chi connectivity index (χ1n) is 9.69. The zero-order valence-corrected chi connectivity index (χ0v) is 17.3. The molecular formula is C21H22FN3O4S. The third-order valence-corrected chi connectivity index (χ3v) is 7.69. The van der Waals surface area contributed by atoms with Crippen LogP contribution in [0.25, 0.3) is 10.9 Å². The molecule has 0 spiro atoms. The van der Waals surface area contributed by atoms with E-state index in [1.54, 1.807) is 10.6 Å². The summed E-state index contributed by atoms with van der Waals surface area (Å²) >= 11 is 0. The fourth-order valence-electron chi connectivity index (χ4n) is 4.38. The number of halogens is 1. The second-order valence-electron chi connectivity index (χ2n) is 7.50. The van der Waals surface area contributed by atoms with Gasteiger partial charge in [-0.05, 0) is 61.6 Å². The summed E-state index contributed by atoms with van der Waals surface area (Å²) in [4.78, 5) is 15.4. The van der Waals surface area contributed by atoms with Gasteiger partial charge in [-0.3, -0.25) is 9.78 Å². The molecule has 1 N–H and O–H groups in total. The predicted molar refractivity (Wildman–Crippen MR) is 109 cm³/mol. The van der Waals surface area contributed by atoms with E-state index in [1.807, 2.05) is 6.92 Å². The van der Waals surface area contributed by atoms with Gasteiger partial charge in [0.2, 0.25) is 10.0 Å². The number of carbonyl (C=O) groups is 1. The first-order valence-corrected chi connectivity index (χ1v) is 11.1. The first-order chi connectivity index (χ1) is 14.3. The molecule has 30 heavy (non-hydrogen) atoms. The average Bonchev–Trinajstić information content (AvgIpc) is 2.99. The monoisotopic (exact) mass is 431 g/mol. The van der Waals surface area contributed by atoms with Crippen LogP contribution in [0.5, 0.6) is 0 Å². The SMILES string of the molecule is Cc1c(C2CCN(S(=O)(=O)c3ccncc3)CC2)c2cc(F)ccc2n1CC(=O)O. The molecule has 1 aliphatic heterocycles. The molecule has 0 radical (unpaired) electrons. The molecule has 0 saturated carbocycles. The van der Waals surface area contributed by atoms with Gasteiger partial charge in [0.1, 0.15) is 12.4 Å². The number of sulfonamides is 1. The molecular weight excluding hydrogens is 409 g/mol. The maximum atomic E-state index is 14.0. The van der Waals surface area contributed by atoms with Crippen molar-refractivity contribution in [2.45, 2.75) is 37.1 Å². The molecule has 3 heterocycles. The van der Waals surface area contributed by atoms with Crippen molar-refractivity contribution in [2.24, 2.45) is 0 Å². The lowest BCUT2D eigenvalue weighted by Crippen LogP contribution is -2.38. The summed E-state index contributed by atoms with van der Waals surface area (Å²) in [5.41, 5.74) is 2.37. The zero-order valence-electron chi connectivity index (χ0n) is 16.5. The van der Waals surface area contributed by atoms with Crippen molar-refractivity contribution in [1.29, 1.82) is 0 Å². The van der Waals surface area contributed by atoms with Crippen molar-refractivity contribution < 1.29 is 22.7 Å². The van der Waals surface area contributed by atoms with Crippen molar-refractivity contribution in [2.75, 3.05) is 13.1 Å². The van der Waals surface area contributed by atoms with E-state index < -0.39 is 16.0 Å². The van der Waals surface area contributed by atoms with Crippen LogP contribution in [-0.2, 0) is 21.4 Å². The largest absolute Gasteiger partial charge is 0.480 e. The number of fused-ring (bicyclic) bond motifs is 1. The van der Waals surface area contributed by atoms with E-state index in [4.69, 9.17) is 0 Å². The van der Waals surface area contributed by atoms with E-state index in [0.29, 0.717) is 36.8 Å². The minimum Gasteiger partial charge on any atom is -0.480 e. The summed E-state index contributed by atoms with van der Waals surface area (Å²) < 4.78 is 42.8. The van der Waals surface area contributed by atoms with E-state index in [-0.39, 0.29) is 23.2 Å². The molecule has 0 bridgehead atoms. The number of benzene rings is 1. The normalized spacial score (nSPS) is 16.2. The predicted octanol–water partition coefficient (Wildman–Crippen LogP) is 3.14. The summed E-state index contributed by atoms with van der Waals surface area (Å²) in [6.45, 7) is 2.32. The van der Waals surface area contributed by atoms with Gasteiger partial charge in [0, 0.05) is 42.1 Å². The van der Waals surface area contributed by atoms with E-state index >= 15 is 0 Å². The molecule has 7 nitrogen and oxygen atoms in total. The third kappa shape index (κ3) is 3.59. The summed E-state index contributed by atoms with van der Waals surface area (Å²) in [5, 5.41) is 9.98. The molecule has 0 atom stereocenters. The summed E-state index contributed by atoms with van der Waals surface area (Å²) in [6.07, 6.45) is 4.06. The van der Waals surface area contributed by atoms with Crippen LogP contribution in [-0.4, -0.2) is 46.4 Å². The van der Waals surface area contributed by atoms with Crippen LogP contribution in [0.15, 0.2) is 47.6 Å². The van der Waals surface area contributed by atoms with Crippen LogP contribution < -0.4 is 0 Å². The standard InChI is InChI=1S/C21H22FN3O4S/c1-14-21(18-12-16(22)2-3-19(18)25(14)13-20(26)27)15-6-10-24(11-7-15)30(28,29)17-4-8-23-9-5-17/h2-5,8-9,12,15H,6-7,10-11,13H2,1H3,(H,26,27). The number of rotatable bonds is 5. The number of aromatic nitrogens is 2. The van der Waals surface area contributed by atoms with Crippen LogP contribution in [0, 0.1) is 12.7 Å². The fourth-order valence-corrected chi connectivity index (χ4v) is 5.83. The van der Waals surface area contributed by atoms with E-state index in [0.717, 1.165) is 11.3 Å². The van der Waals surface area contributed by atoms with Crippen LogP contribution in [0.1, 0.15) is 30.0 Å². The van der Waals surface area contributed by atoms with Gasteiger partial charge in [0.15, 0.2) is 0 Å². The molecule has 1 aromatic carbocycles. The Balaban J connectivity index is 1.65. The second-order valence-corrected chi connectivity index (χ2v) is 9.44. The Bertz CT molecular complexity index is 1200. The molecule has 0 amide bonds. The molecule has 4 rings (SSSR count). The van der Waals surface area contributed by atoms with Crippen molar-refractivity contribution in [3.05, 3.63) is 59.8 Å². The fraction of sp³-hybridized carbons (Fsp3) is 0.333. The molecule has 2 aromatic heterocycles. The lowest BCUT2D eigenvalue weighted by atomic mass is 9.88. The maximum Gasteiger partial charge on any atom is 0.323 e. The number of piperidine rings is 1. The van der Waals surface area contributed by atoms with Crippen molar-refractivity contribution >= 4 is 26.9 Å². The Labute approximate surface area is 173 Å². The minimum absolute atomic E-state index is 0.0215. The number of aliphatic carboxylic acids is 1. The molecule has 0 aliphatic carbocycles. The molecule has 9 heteroatoms. The number of nitrogens with zero attached hydrogens (tertiary/aromatic N) is 3. The highest BCUT2D eigenvalue weighted by Gasteiger charge is 2.32. The number of carboxylic acid groups (broad SMARTS) is 1. The van der Waals surface area contributed by atoms with Crippen LogP contribution in [0.2, 0.25) is 0 Å². The quantitative estimate of drug-likeness (QED) is 0.670. The molecule has 1 saturated heterocycles. The first kappa shape index (κ1) is 20.5. The Morgan fingerprint density at radius 3 is 2.50 bits per heavy atom. The number of carboxylic acids is 1. The molecule has 1 fully saturated rings. The third-order valence-electron chi connectivity index (χ3n) is 5.78. The topological polar surface area (TPSA) is 92.5 Å². The lowest BCUT2D eigenvalue weighted by molar-refractivity contribution is -0.137. The van der Waals surface area contributed by atoms with Gasteiger partial charge in [-0.15, -0.1) is 0 Å². The molecule has 1 aliphatic rings. The van der Waals surface area contributed by atoms with Crippen LogP contribution in [0.3, 0.4) is 0 Å². The summed E-state index contributed by atoms with van der Waals surface area (Å²) in [7, 11) is -3.59. The molecule has 158 valence electrons. The van der Waals surface area contributed by atoms with Gasteiger partial charge in [-0.25, -0.2) is 12.8 Å². The molecule has 0 unspecified atom stereocenters. The van der Waals surface area contributed by atoms with Gasteiger partial charge in [-0.2, -0.15) is 4.31 Å². The highest BCUT2D eigenvalue weighted by Crippen LogP contribution is 2.38. The summed E-state index contributed by atoms with van der Waals surface area (Å²) in [5.74, 6) is -1.33. The smallest absolute Gasteiger partial charge is 0.323 e. The van der Waals surface area contributed by atoms with E-state index in [9.17, 15) is 22.7 Å². The zero-order chi connectivity index (χ0) is 21.5. The van der Waals surface area contributed by atoms with Gasteiger partial charge in [0.05, 0.1) is 4.90 Å². The van der Waals surface area contributed by atoms with Gasteiger partial charge in [-0.1, -0.05) is 0 Å². The van der Waals surface area contributed by atoms with Crippen LogP contribution in [0.4, 0.5) is 4.39 Å². The second kappa shape index (κ2) is 7.81. The van der Waals surface area contributed by atoms with Crippen LogP contribution >= 0.6 is 0 Å². The number of hydrogen-bond donors (Lipinski definition) is 1. The van der Waals surface area contributed by atoms with Crippen molar-refractivity contribution in [3.8, 4) is 0 Å². The average molecular weight is 431 g/mol. The van der Waals surface area contributed by atoms with E-state index in [2.05, 4.69) is 4.98 Å². The Morgan fingerprint density at radius 1 is 1.20 bits per heavy atom. The number of pyridine rings is 1. The molecule has 3 aromatic rings. The number of hydrogen-bond acceptors (Lipinski definition) is 4. The Hall–Kier alpha value is -2.78. The van der Waals surface area contributed by atoms with Crippen molar-refractivity contribution in [3.63, 3.8) is 0 Å². The van der Waals surface area contributed by atoms with Gasteiger partial charge in [0.25, 0.3) is 0 Å². The lowest BCUT2D eigenvalue weighted by Gasteiger charge is -2.31. The highest BCUT2D eigenvalue weighted by molar-refractivity contribution is 7.89. The van der Waals surface area contributed by atoms with E-state index in [1.165, 1.54) is 41.0 Å². The summed E-state index contributed by atoms with van der Waals surface area (Å²) in [6, 6.07) is 7.33. The minimum atomic E-state index is -3.59. The Morgan fingerprint density at radius 2 is 1.87 bits per heavy atom. The van der Waals surface area contributed by atoms with Gasteiger partial charge >= 0.3 is 5.97 Å². The van der Waals surface area contributed by atoms with Crippen molar-refractivity contribution in [1.82, 2.24) is 13.9 Å². The Kier molecular flexibility index (Phi) is 5.33.